The van der Waals surface area contributed by atoms with Crippen LogP contribution < -0.4 is 10.6 Å². The molecule has 9 nitrogen and oxygen atoms in total. The number of rotatable bonds is 8. The van der Waals surface area contributed by atoms with Crippen molar-refractivity contribution in [3.8, 4) is 6.07 Å². The Labute approximate surface area is 195 Å². The smallest absolute Gasteiger partial charge is 0.265 e. The second kappa shape index (κ2) is 11.7. The van der Waals surface area contributed by atoms with Gasteiger partial charge in [0.15, 0.2) is 0 Å². The third-order valence-corrected chi connectivity index (χ3v) is 5.04. The van der Waals surface area contributed by atoms with Gasteiger partial charge in [-0.3, -0.25) is 19.4 Å². The van der Waals surface area contributed by atoms with Gasteiger partial charge in [0, 0.05) is 18.2 Å². The SMILES string of the molecule is C=C/C(=C\C=C(/C)C(=O)Nc1cnccc1C(=O)NCC(=O)N1CC(F)(F)CC[C@H]1C#N)OC. The van der Waals surface area contributed by atoms with Crippen molar-refractivity contribution in [3.63, 3.8) is 0 Å². The van der Waals surface area contributed by atoms with Crippen molar-refractivity contribution in [1.82, 2.24) is 15.2 Å². The van der Waals surface area contributed by atoms with E-state index < -0.39 is 49.2 Å². The average Bonchev–Trinajstić information content (AvgIpc) is 2.82. The van der Waals surface area contributed by atoms with Gasteiger partial charge >= 0.3 is 0 Å². The Kier molecular flexibility index (Phi) is 9.01. The van der Waals surface area contributed by atoms with E-state index >= 15 is 0 Å². The minimum Gasteiger partial charge on any atom is -0.497 e. The fourth-order valence-corrected chi connectivity index (χ4v) is 3.11. The molecular weight excluding hydrogens is 448 g/mol. The Bertz CT molecular complexity index is 1060. The van der Waals surface area contributed by atoms with Crippen molar-refractivity contribution >= 4 is 23.4 Å². The van der Waals surface area contributed by atoms with Crippen molar-refractivity contribution < 1.29 is 27.9 Å². The highest BCUT2D eigenvalue weighted by atomic mass is 19.3. The standard InChI is InChI=1S/C23H25F2N5O4/c1-4-17(34-3)6-5-15(2)21(32)29-19-12-27-10-8-18(19)22(33)28-13-20(31)30-14-23(24,25)9-7-16(30)11-26/h4-6,8,10,12,16H,1,7,9,13-14H2,2-3H3,(H,28,33)(H,29,32)/b15-5+,17-6+/t16-/m0/s1. The Morgan fingerprint density at radius 2 is 2.15 bits per heavy atom. The van der Waals surface area contributed by atoms with Crippen LogP contribution in [-0.4, -0.2) is 59.8 Å². The number of ether oxygens (including phenoxy) is 1. The van der Waals surface area contributed by atoms with Gasteiger partial charge in [-0.2, -0.15) is 5.26 Å². The summed E-state index contributed by atoms with van der Waals surface area (Å²) in [5, 5.41) is 14.1. The van der Waals surface area contributed by atoms with Gasteiger partial charge in [0.2, 0.25) is 5.91 Å². The first-order valence-electron chi connectivity index (χ1n) is 10.3. The molecule has 0 unspecified atom stereocenters. The number of aromatic nitrogens is 1. The van der Waals surface area contributed by atoms with Crippen LogP contribution in [0, 0.1) is 11.3 Å². The molecule has 1 fully saturated rings. The third kappa shape index (κ3) is 6.96. The highest BCUT2D eigenvalue weighted by Gasteiger charge is 2.42. The number of hydrogen-bond acceptors (Lipinski definition) is 6. The second-order valence-corrected chi connectivity index (χ2v) is 7.45. The van der Waals surface area contributed by atoms with E-state index in [1.807, 2.05) is 6.07 Å². The van der Waals surface area contributed by atoms with Crippen molar-refractivity contribution in [1.29, 1.82) is 5.26 Å². The monoisotopic (exact) mass is 473 g/mol. The van der Waals surface area contributed by atoms with Crippen LogP contribution in [0.2, 0.25) is 0 Å². The lowest BCUT2D eigenvalue weighted by atomic mass is 10.00. The molecule has 11 heteroatoms. The summed E-state index contributed by atoms with van der Waals surface area (Å²) in [4.78, 5) is 42.2. The van der Waals surface area contributed by atoms with Crippen LogP contribution in [0.3, 0.4) is 0 Å². The number of pyridine rings is 1. The molecule has 0 aliphatic carbocycles. The lowest BCUT2D eigenvalue weighted by molar-refractivity contribution is -0.143. The first-order chi connectivity index (χ1) is 16.1. The molecule has 1 atom stereocenters. The molecule has 2 N–H and O–H groups in total. The molecule has 1 saturated heterocycles. The molecular formula is C23H25F2N5O4. The second-order valence-electron chi connectivity index (χ2n) is 7.45. The van der Waals surface area contributed by atoms with Crippen molar-refractivity contribution in [2.45, 2.75) is 31.7 Å². The minimum absolute atomic E-state index is 0.0176. The predicted molar refractivity (Wildman–Crippen MR) is 120 cm³/mol. The Hall–Kier alpha value is -4.07. The number of alkyl halides is 2. The highest BCUT2D eigenvalue weighted by Crippen LogP contribution is 2.30. The van der Waals surface area contributed by atoms with Gasteiger partial charge in [0.25, 0.3) is 17.7 Å². The zero-order valence-corrected chi connectivity index (χ0v) is 18.8. The zero-order valence-electron chi connectivity index (χ0n) is 18.8. The number of nitrogens with one attached hydrogen (secondary N) is 2. The minimum atomic E-state index is -3.09. The van der Waals surface area contributed by atoms with Gasteiger partial charge < -0.3 is 20.3 Å². The van der Waals surface area contributed by atoms with E-state index in [2.05, 4.69) is 22.2 Å². The van der Waals surface area contributed by atoms with E-state index in [9.17, 15) is 23.2 Å². The number of methoxy groups -OCH3 is 1. The molecule has 0 aromatic carbocycles. The molecule has 3 amide bonds. The number of carbonyl (C=O) groups is 3. The normalized spacial score (nSPS) is 17.9. The van der Waals surface area contributed by atoms with Gasteiger partial charge in [-0.1, -0.05) is 12.7 Å². The van der Waals surface area contributed by atoms with E-state index in [1.165, 1.54) is 37.7 Å². The largest absolute Gasteiger partial charge is 0.497 e. The number of amides is 3. The number of hydrogen-bond donors (Lipinski definition) is 2. The number of carbonyl (C=O) groups excluding carboxylic acids is 3. The highest BCUT2D eigenvalue weighted by molar-refractivity contribution is 6.08. The molecule has 0 saturated carbocycles. The first kappa shape index (κ1) is 26.2. The average molecular weight is 473 g/mol. The first-order valence-corrected chi connectivity index (χ1v) is 10.3. The van der Waals surface area contributed by atoms with E-state index in [0.717, 1.165) is 4.90 Å². The van der Waals surface area contributed by atoms with Crippen molar-refractivity contribution in [2.75, 3.05) is 25.5 Å². The van der Waals surface area contributed by atoms with Crippen LogP contribution in [0.25, 0.3) is 0 Å². The fraction of sp³-hybridized carbons (Fsp3) is 0.348. The van der Waals surface area contributed by atoms with Gasteiger partial charge in [-0.25, -0.2) is 8.78 Å². The van der Waals surface area contributed by atoms with Crippen molar-refractivity contribution in [2.24, 2.45) is 0 Å². The van der Waals surface area contributed by atoms with Crippen LogP contribution >= 0.6 is 0 Å². The van der Waals surface area contributed by atoms with Gasteiger partial charge in [0.05, 0.1) is 43.7 Å². The number of likely N-dealkylation sites (tertiary alicyclic amines) is 1. The summed E-state index contributed by atoms with van der Waals surface area (Å²) in [5.74, 6) is -4.69. The number of halogens is 2. The summed E-state index contributed by atoms with van der Waals surface area (Å²) < 4.78 is 32.4. The summed E-state index contributed by atoms with van der Waals surface area (Å²) >= 11 is 0. The lowest BCUT2D eigenvalue weighted by Crippen LogP contribution is -2.53. The van der Waals surface area contributed by atoms with Crippen LogP contribution in [-0.2, 0) is 14.3 Å². The summed E-state index contributed by atoms with van der Waals surface area (Å²) in [7, 11) is 1.46. The third-order valence-electron chi connectivity index (χ3n) is 5.04. The molecule has 1 aliphatic heterocycles. The molecule has 0 bridgehead atoms. The summed E-state index contributed by atoms with van der Waals surface area (Å²) in [5.41, 5.74) is 0.406. The predicted octanol–water partition coefficient (Wildman–Crippen LogP) is 2.56. The fourth-order valence-electron chi connectivity index (χ4n) is 3.11. The van der Waals surface area contributed by atoms with Crippen LogP contribution in [0.5, 0.6) is 0 Å². The van der Waals surface area contributed by atoms with Crippen molar-refractivity contribution in [3.05, 3.63) is 60.2 Å². The van der Waals surface area contributed by atoms with E-state index in [1.54, 1.807) is 13.0 Å². The Morgan fingerprint density at radius 3 is 2.79 bits per heavy atom. The maximum Gasteiger partial charge on any atom is 0.265 e. The molecule has 2 heterocycles. The number of allylic oxidation sites excluding steroid dienone is 3. The van der Waals surface area contributed by atoms with E-state index in [-0.39, 0.29) is 17.7 Å². The quantitative estimate of drug-likeness (QED) is 0.340. The molecule has 2 rings (SSSR count). The van der Waals surface area contributed by atoms with Gasteiger partial charge in [-0.05, 0) is 31.6 Å². The van der Waals surface area contributed by atoms with Crippen LogP contribution in [0.1, 0.15) is 30.1 Å². The number of piperidine rings is 1. The molecule has 0 radical (unpaired) electrons. The lowest BCUT2D eigenvalue weighted by Gasteiger charge is -2.36. The number of nitrogens with zero attached hydrogens (tertiary/aromatic N) is 3. The summed E-state index contributed by atoms with van der Waals surface area (Å²) in [6.45, 7) is 3.65. The van der Waals surface area contributed by atoms with Gasteiger partial charge in [0.1, 0.15) is 11.8 Å². The Balaban J connectivity index is 2.08. The molecule has 0 spiro atoms. The number of nitriles is 1. The molecule has 180 valence electrons. The Morgan fingerprint density at radius 1 is 1.41 bits per heavy atom. The van der Waals surface area contributed by atoms with E-state index in [4.69, 9.17) is 10.00 Å². The molecule has 1 aliphatic rings. The maximum atomic E-state index is 13.7. The molecule has 1 aromatic rings. The molecule has 34 heavy (non-hydrogen) atoms. The summed E-state index contributed by atoms with van der Waals surface area (Å²) in [6.07, 6.45) is 6.47. The topological polar surface area (TPSA) is 124 Å². The maximum absolute atomic E-state index is 13.7. The van der Waals surface area contributed by atoms with Gasteiger partial charge in [-0.15, -0.1) is 0 Å². The molecule has 1 aromatic heterocycles. The van der Waals surface area contributed by atoms with Crippen LogP contribution in [0.15, 0.2) is 54.6 Å². The number of anilines is 1. The van der Waals surface area contributed by atoms with Crippen LogP contribution in [0.4, 0.5) is 14.5 Å². The van der Waals surface area contributed by atoms with E-state index in [0.29, 0.717) is 11.3 Å². The summed E-state index contributed by atoms with van der Waals surface area (Å²) in [6, 6.07) is 2.19. The zero-order chi connectivity index (χ0) is 25.3.